The van der Waals surface area contributed by atoms with Gasteiger partial charge in [-0.2, -0.15) is 0 Å². The maximum absolute atomic E-state index is 5.21. The van der Waals surface area contributed by atoms with Crippen LogP contribution >= 0.6 is 12.2 Å². The van der Waals surface area contributed by atoms with Crippen molar-refractivity contribution in [1.29, 1.82) is 0 Å². The van der Waals surface area contributed by atoms with Gasteiger partial charge in [-0.15, -0.1) is 0 Å². The summed E-state index contributed by atoms with van der Waals surface area (Å²) in [6.45, 7) is 2.85. The van der Waals surface area contributed by atoms with E-state index in [-0.39, 0.29) is 0 Å². The van der Waals surface area contributed by atoms with Gasteiger partial charge in [-0.05, 0) is 31.3 Å². The number of methoxy groups -OCH3 is 1. The van der Waals surface area contributed by atoms with E-state index in [0.29, 0.717) is 5.11 Å². The minimum Gasteiger partial charge on any atom is -0.497 e. The average Bonchev–Trinajstić information content (AvgIpc) is 2.28. The van der Waals surface area contributed by atoms with Gasteiger partial charge in [0, 0.05) is 25.3 Å². The van der Waals surface area contributed by atoms with Crippen LogP contribution in [-0.4, -0.2) is 25.8 Å². The molecular formula is C11H16N2OS. The summed E-state index contributed by atoms with van der Waals surface area (Å²) < 4.78 is 5.15. The van der Waals surface area contributed by atoms with Gasteiger partial charge in [-0.1, -0.05) is 6.07 Å². The molecule has 0 amide bonds. The summed E-state index contributed by atoms with van der Waals surface area (Å²) in [6.07, 6.45) is 0. The molecule has 82 valence electrons. The number of hydrogen-bond donors (Lipinski definition) is 1. The van der Waals surface area contributed by atoms with Gasteiger partial charge in [0.25, 0.3) is 0 Å². The van der Waals surface area contributed by atoms with Gasteiger partial charge in [-0.3, -0.25) is 0 Å². The fourth-order valence-corrected chi connectivity index (χ4v) is 1.46. The number of anilines is 1. The Morgan fingerprint density at radius 3 is 2.87 bits per heavy atom. The molecule has 1 rings (SSSR count). The predicted molar refractivity (Wildman–Crippen MR) is 67.7 cm³/mol. The number of thiocarbonyl (C=S) groups is 1. The van der Waals surface area contributed by atoms with Crippen molar-refractivity contribution in [1.82, 2.24) is 5.32 Å². The normalized spacial score (nSPS) is 9.53. The van der Waals surface area contributed by atoms with Gasteiger partial charge in [0.1, 0.15) is 5.75 Å². The topological polar surface area (TPSA) is 24.5 Å². The van der Waals surface area contributed by atoms with Crippen LogP contribution in [-0.2, 0) is 0 Å². The van der Waals surface area contributed by atoms with Gasteiger partial charge in [0.2, 0.25) is 0 Å². The Balaban J connectivity index is 2.81. The second kappa shape index (κ2) is 5.56. The molecule has 0 atom stereocenters. The van der Waals surface area contributed by atoms with Crippen LogP contribution in [0.1, 0.15) is 6.92 Å². The Kier molecular flexibility index (Phi) is 4.37. The van der Waals surface area contributed by atoms with Crippen LogP contribution in [0.25, 0.3) is 0 Å². The number of nitrogens with zero attached hydrogens (tertiary/aromatic N) is 1. The third-order valence-electron chi connectivity index (χ3n) is 2.07. The monoisotopic (exact) mass is 224 g/mol. The van der Waals surface area contributed by atoms with E-state index in [1.54, 1.807) is 7.11 Å². The van der Waals surface area contributed by atoms with E-state index in [0.717, 1.165) is 18.0 Å². The number of ether oxygens (including phenoxy) is 1. The van der Waals surface area contributed by atoms with Crippen molar-refractivity contribution in [2.45, 2.75) is 6.92 Å². The molecule has 0 aromatic heterocycles. The van der Waals surface area contributed by atoms with Crippen molar-refractivity contribution in [2.75, 3.05) is 25.6 Å². The molecule has 0 aliphatic heterocycles. The van der Waals surface area contributed by atoms with E-state index < -0.39 is 0 Å². The Labute approximate surface area is 96.0 Å². The van der Waals surface area contributed by atoms with Crippen LogP contribution in [0.5, 0.6) is 5.75 Å². The first-order valence-corrected chi connectivity index (χ1v) is 5.25. The summed E-state index contributed by atoms with van der Waals surface area (Å²) in [4.78, 5) is 1.92. The Morgan fingerprint density at radius 1 is 1.53 bits per heavy atom. The molecule has 4 heteroatoms. The van der Waals surface area contributed by atoms with Gasteiger partial charge < -0.3 is 15.0 Å². The minimum atomic E-state index is 0.714. The summed E-state index contributed by atoms with van der Waals surface area (Å²) in [5, 5.41) is 3.81. The maximum Gasteiger partial charge on any atom is 0.173 e. The largest absolute Gasteiger partial charge is 0.497 e. The first kappa shape index (κ1) is 11.8. The van der Waals surface area contributed by atoms with E-state index >= 15 is 0 Å². The highest BCUT2D eigenvalue weighted by Gasteiger charge is 2.05. The fourth-order valence-electron chi connectivity index (χ4n) is 1.21. The van der Waals surface area contributed by atoms with Gasteiger partial charge >= 0.3 is 0 Å². The summed E-state index contributed by atoms with van der Waals surface area (Å²) >= 11 is 5.21. The molecular weight excluding hydrogens is 208 g/mol. The quantitative estimate of drug-likeness (QED) is 0.794. The second-order valence-electron chi connectivity index (χ2n) is 3.10. The van der Waals surface area contributed by atoms with Gasteiger partial charge in [-0.25, -0.2) is 0 Å². The van der Waals surface area contributed by atoms with Crippen molar-refractivity contribution >= 4 is 23.0 Å². The molecule has 0 heterocycles. The summed E-state index contributed by atoms with van der Waals surface area (Å²) in [6, 6.07) is 7.79. The highest BCUT2D eigenvalue weighted by Crippen LogP contribution is 2.19. The average molecular weight is 224 g/mol. The van der Waals surface area contributed by atoms with Crippen molar-refractivity contribution in [3.63, 3.8) is 0 Å². The molecule has 0 radical (unpaired) electrons. The van der Waals surface area contributed by atoms with Crippen molar-refractivity contribution in [2.24, 2.45) is 0 Å². The van der Waals surface area contributed by atoms with Crippen molar-refractivity contribution < 1.29 is 4.74 Å². The third-order valence-corrected chi connectivity index (χ3v) is 2.49. The van der Waals surface area contributed by atoms with Gasteiger partial charge in [0.15, 0.2) is 5.11 Å². The molecule has 1 N–H and O–H groups in total. The summed E-state index contributed by atoms with van der Waals surface area (Å²) in [5.41, 5.74) is 1.01. The lowest BCUT2D eigenvalue weighted by atomic mass is 10.3. The van der Waals surface area contributed by atoms with Crippen LogP contribution in [0.3, 0.4) is 0 Å². The van der Waals surface area contributed by atoms with Crippen LogP contribution < -0.4 is 15.0 Å². The zero-order valence-electron chi connectivity index (χ0n) is 9.28. The fraction of sp³-hybridized carbons (Fsp3) is 0.364. The van der Waals surface area contributed by atoms with E-state index in [9.17, 15) is 0 Å². The molecule has 0 aliphatic carbocycles. The lowest BCUT2D eigenvalue weighted by Gasteiger charge is -2.20. The first-order valence-electron chi connectivity index (χ1n) is 4.84. The smallest absolute Gasteiger partial charge is 0.173 e. The standard InChI is InChI=1S/C11H16N2OS/c1-4-12-11(15)13(2)9-6-5-7-10(8-9)14-3/h5-8H,4H2,1-3H3,(H,12,15). The maximum atomic E-state index is 5.21. The molecule has 0 bridgehead atoms. The van der Waals surface area contributed by atoms with Crippen LogP contribution in [0.4, 0.5) is 5.69 Å². The molecule has 0 saturated heterocycles. The number of benzene rings is 1. The lowest BCUT2D eigenvalue weighted by molar-refractivity contribution is 0.415. The molecule has 0 fully saturated rings. The van der Waals surface area contributed by atoms with Crippen LogP contribution in [0.2, 0.25) is 0 Å². The molecule has 0 spiro atoms. The zero-order chi connectivity index (χ0) is 11.3. The minimum absolute atomic E-state index is 0.714. The lowest BCUT2D eigenvalue weighted by Crippen LogP contribution is -2.36. The number of nitrogens with one attached hydrogen (secondary N) is 1. The number of hydrogen-bond acceptors (Lipinski definition) is 2. The molecule has 0 aliphatic rings. The molecule has 0 unspecified atom stereocenters. The Hall–Kier alpha value is -1.29. The van der Waals surface area contributed by atoms with E-state index in [2.05, 4.69) is 5.32 Å². The second-order valence-corrected chi connectivity index (χ2v) is 3.48. The first-order chi connectivity index (χ1) is 7.19. The highest BCUT2D eigenvalue weighted by atomic mass is 32.1. The Morgan fingerprint density at radius 2 is 2.27 bits per heavy atom. The van der Waals surface area contributed by atoms with Crippen LogP contribution in [0, 0.1) is 0 Å². The highest BCUT2D eigenvalue weighted by molar-refractivity contribution is 7.80. The molecule has 1 aromatic carbocycles. The van der Waals surface area contributed by atoms with Gasteiger partial charge in [0.05, 0.1) is 7.11 Å². The Bertz CT molecular complexity index is 341. The van der Waals surface area contributed by atoms with Crippen molar-refractivity contribution in [3.8, 4) is 5.75 Å². The zero-order valence-corrected chi connectivity index (χ0v) is 10.1. The van der Waals surface area contributed by atoms with E-state index in [1.165, 1.54) is 0 Å². The predicted octanol–water partition coefficient (Wildman–Crippen LogP) is 2.03. The van der Waals surface area contributed by atoms with E-state index in [1.807, 2.05) is 43.1 Å². The molecule has 15 heavy (non-hydrogen) atoms. The van der Waals surface area contributed by atoms with E-state index in [4.69, 9.17) is 17.0 Å². The van der Waals surface area contributed by atoms with Crippen LogP contribution in [0.15, 0.2) is 24.3 Å². The van der Waals surface area contributed by atoms with Crippen molar-refractivity contribution in [3.05, 3.63) is 24.3 Å². The number of rotatable bonds is 3. The SMILES string of the molecule is CCNC(=S)N(C)c1cccc(OC)c1. The molecule has 0 saturated carbocycles. The molecule has 3 nitrogen and oxygen atoms in total. The summed E-state index contributed by atoms with van der Waals surface area (Å²) in [5.74, 6) is 0.832. The summed E-state index contributed by atoms with van der Waals surface area (Å²) in [7, 11) is 3.58. The third kappa shape index (κ3) is 3.09. The molecule has 1 aromatic rings.